The van der Waals surface area contributed by atoms with Crippen LogP contribution in [0, 0.1) is 0 Å². The molecule has 84 valence electrons. The first kappa shape index (κ1) is 12.0. The minimum Gasteiger partial charge on any atom is -0.392 e. The summed E-state index contributed by atoms with van der Waals surface area (Å²) in [6, 6.07) is 1.30. The summed E-state index contributed by atoms with van der Waals surface area (Å²) in [5.74, 6) is 0. The highest BCUT2D eigenvalue weighted by atomic mass is 16.3. The molecule has 0 bridgehead atoms. The second-order valence-electron chi connectivity index (χ2n) is 4.69. The number of nitrogens with one attached hydrogen (secondary N) is 1. The SMILES string of the molecule is CC(O)C(C)NN1C(C)CCCC1C. The van der Waals surface area contributed by atoms with Gasteiger partial charge < -0.3 is 5.11 Å². The van der Waals surface area contributed by atoms with Crippen LogP contribution in [0.2, 0.25) is 0 Å². The third kappa shape index (κ3) is 2.94. The summed E-state index contributed by atoms with van der Waals surface area (Å²) in [5.41, 5.74) is 3.40. The zero-order valence-electron chi connectivity index (χ0n) is 9.83. The van der Waals surface area contributed by atoms with Crippen LogP contribution in [-0.4, -0.2) is 34.3 Å². The summed E-state index contributed by atoms with van der Waals surface area (Å²) in [7, 11) is 0. The van der Waals surface area contributed by atoms with Gasteiger partial charge in [-0.25, -0.2) is 10.4 Å². The van der Waals surface area contributed by atoms with E-state index in [0.717, 1.165) is 0 Å². The van der Waals surface area contributed by atoms with Gasteiger partial charge in [0, 0.05) is 18.1 Å². The molecule has 3 nitrogen and oxygen atoms in total. The maximum absolute atomic E-state index is 9.43. The van der Waals surface area contributed by atoms with Crippen molar-refractivity contribution in [3.05, 3.63) is 0 Å². The van der Waals surface area contributed by atoms with Gasteiger partial charge in [-0.15, -0.1) is 0 Å². The van der Waals surface area contributed by atoms with Crippen molar-refractivity contribution in [3.8, 4) is 0 Å². The molecule has 0 aliphatic carbocycles. The van der Waals surface area contributed by atoms with Gasteiger partial charge in [0.05, 0.1) is 6.10 Å². The molecule has 0 saturated carbocycles. The molecule has 0 spiro atoms. The van der Waals surface area contributed by atoms with Crippen LogP contribution in [0.15, 0.2) is 0 Å². The maximum atomic E-state index is 9.43. The molecule has 2 N–H and O–H groups in total. The second kappa shape index (κ2) is 5.10. The average Bonchev–Trinajstić information content (AvgIpc) is 2.11. The van der Waals surface area contributed by atoms with Gasteiger partial charge in [-0.1, -0.05) is 6.42 Å². The lowest BCUT2D eigenvalue weighted by atomic mass is 9.99. The monoisotopic (exact) mass is 200 g/mol. The highest BCUT2D eigenvalue weighted by molar-refractivity contribution is 4.79. The van der Waals surface area contributed by atoms with Crippen molar-refractivity contribution in [3.63, 3.8) is 0 Å². The van der Waals surface area contributed by atoms with Crippen LogP contribution in [0.25, 0.3) is 0 Å². The number of hydrazine groups is 1. The molecule has 1 heterocycles. The maximum Gasteiger partial charge on any atom is 0.0676 e. The zero-order valence-corrected chi connectivity index (χ0v) is 9.83. The van der Waals surface area contributed by atoms with E-state index < -0.39 is 0 Å². The predicted octanol–water partition coefficient (Wildman–Crippen LogP) is 1.52. The molecule has 1 aliphatic rings. The van der Waals surface area contributed by atoms with Crippen LogP contribution in [0.1, 0.15) is 47.0 Å². The normalized spacial score (nSPS) is 34.1. The summed E-state index contributed by atoms with van der Waals surface area (Å²) in [5, 5.41) is 11.7. The topological polar surface area (TPSA) is 35.5 Å². The first-order valence-corrected chi connectivity index (χ1v) is 5.75. The van der Waals surface area contributed by atoms with Crippen molar-refractivity contribution in [2.45, 2.75) is 71.2 Å². The fraction of sp³-hybridized carbons (Fsp3) is 1.00. The molecule has 0 radical (unpaired) electrons. The van der Waals surface area contributed by atoms with E-state index in [1.165, 1.54) is 19.3 Å². The molecule has 3 heteroatoms. The van der Waals surface area contributed by atoms with Gasteiger partial charge in [-0.3, -0.25) is 0 Å². The molecule has 0 aromatic carbocycles. The Balaban J connectivity index is 2.47. The van der Waals surface area contributed by atoms with Gasteiger partial charge in [0.2, 0.25) is 0 Å². The molecular weight excluding hydrogens is 176 g/mol. The Kier molecular flexibility index (Phi) is 4.35. The van der Waals surface area contributed by atoms with Crippen molar-refractivity contribution >= 4 is 0 Å². The zero-order chi connectivity index (χ0) is 10.7. The van der Waals surface area contributed by atoms with Crippen LogP contribution in [0.3, 0.4) is 0 Å². The van der Waals surface area contributed by atoms with Crippen LogP contribution in [0.5, 0.6) is 0 Å². The number of aliphatic hydroxyl groups is 1. The highest BCUT2D eigenvalue weighted by Crippen LogP contribution is 2.20. The number of hydrogen-bond donors (Lipinski definition) is 2. The van der Waals surface area contributed by atoms with E-state index in [1.807, 2.05) is 13.8 Å². The van der Waals surface area contributed by atoms with Gasteiger partial charge in [-0.2, -0.15) is 0 Å². The number of rotatable bonds is 3. The van der Waals surface area contributed by atoms with Crippen molar-refractivity contribution in [1.29, 1.82) is 0 Å². The minimum atomic E-state index is -0.295. The summed E-state index contributed by atoms with van der Waals surface area (Å²) < 4.78 is 0. The quantitative estimate of drug-likeness (QED) is 0.725. The molecule has 4 unspecified atom stereocenters. The summed E-state index contributed by atoms with van der Waals surface area (Å²) in [4.78, 5) is 0. The Morgan fingerprint density at radius 2 is 1.71 bits per heavy atom. The molecule has 4 atom stereocenters. The van der Waals surface area contributed by atoms with E-state index >= 15 is 0 Å². The number of hydrogen-bond acceptors (Lipinski definition) is 3. The first-order valence-electron chi connectivity index (χ1n) is 5.75. The smallest absolute Gasteiger partial charge is 0.0676 e. The molecular formula is C11H24N2O. The molecule has 1 rings (SSSR count). The van der Waals surface area contributed by atoms with Gasteiger partial charge in [-0.05, 0) is 40.5 Å². The van der Waals surface area contributed by atoms with Gasteiger partial charge in [0.25, 0.3) is 0 Å². The number of nitrogens with zero attached hydrogens (tertiary/aromatic N) is 1. The summed E-state index contributed by atoms with van der Waals surface area (Å²) >= 11 is 0. The Labute approximate surface area is 87.5 Å². The molecule has 1 saturated heterocycles. The fourth-order valence-electron chi connectivity index (χ4n) is 2.02. The Morgan fingerprint density at radius 1 is 1.21 bits per heavy atom. The molecule has 0 aromatic rings. The fourth-order valence-corrected chi connectivity index (χ4v) is 2.02. The molecule has 14 heavy (non-hydrogen) atoms. The second-order valence-corrected chi connectivity index (χ2v) is 4.69. The van der Waals surface area contributed by atoms with Crippen LogP contribution in [-0.2, 0) is 0 Å². The van der Waals surface area contributed by atoms with Crippen molar-refractivity contribution < 1.29 is 5.11 Å². The average molecular weight is 200 g/mol. The van der Waals surface area contributed by atoms with E-state index in [0.29, 0.717) is 12.1 Å². The summed E-state index contributed by atoms with van der Waals surface area (Å²) in [6.45, 7) is 8.35. The lowest BCUT2D eigenvalue weighted by Crippen LogP contribution is -2.56. The first-order chi connectivity index (χ1) is 6.52. The largest absolute Gasteiger partial charge is 0.392 e. The third-order valence-corrected chi connectivity index (χ3v) is 3.27. The van der Waals surface area contributed by atoms with Gasteiger partial charge in [0.15, 0.2) is 0 Å². The van der Waals surface area contributed by atoms with Crippen LogP contribution in [0.4, 0.5) is 0 Å². The number of piperidine rings is 1. The molecule has 1 aliphatic heterocycles. The molecule has 0 aromatic heterocycles. The van der Waals surface area contributed by atoms with E-state index in [1.54, 1.807) is 0 Å². The third-order valence-electron chi connectivity index (χ3n) is 3.27. The van der Waals surface area contributed by atoms with E-state index in [4.69, 9.17) is 0 Å². The predicted molar refractivity (Wildman–Crippen MR) is 58.9 cm³/mol. The highest BCUT2D eigenvalue weighted by Gasteiger charge is 2.26. The lowest BCUT2D eigenvalue weighted by molar-refractivity contribution is 0.00603. The minimum absolute atomic E-state index is 0.137. The van der Waals surface area contributed by atoms with Gasteiger partial charge in [0.1, 0.15) is 0 Å². The van der Waals surface area contributed by atoms with E-state index in [2.05, 4.69) is 24.3 Å². The Hall–Kier alpha value is -0.120. The van der Waals surface area contributed by atoms with Crippen molar-refractivity contribution in [2.75, 3.05) is 0 Å². The van der Waals surface area contributed by atoms with E-state index in [9.17, 15) is 5.11 Å². The van der Waals surface area contributed by atoms with Gasteiger partial charge >= 0.3 is 0 Å². The standard InChI is InChI=1S/C11H24N2O/c1-8-6-5-7-9(2)13(8)12-10(3)11(4)14/h8-12,14H,5-7H2,1-4H3. The molecule has 0 amide bonds. The Bertz CT molecular complexity index is 163. The van der Waals surface area contributed by atoms with Crippen molar-refractivity contribution in [2.24, 2.45) is 0 Å². The summed E-state index contributed by atoms with van der Waals surface area (Å²) in [6.07, 6.45) is 3.54. The van der Waals surface area contributed by atoms with Crippen molar-refractivity contribution in [1.82, 2.24) is 10.4 Å². The van der Waals surface area contributed by atoms with E-state index in [-0.39, 0.29) is 12.1 Å². The Morgan fingerprint density at radius 3 is 2.14 bits per heavy atom. The molecule has 1 fully saturated rings. The van der Waals surface area contributed by atoms with Crippen LogP contribution >= 0.6 is 0 Å². The van der Waals surface area contributed by atoms with Crippen LogP contribution < -0.4 is 5.43 Å². The lowest BCUT2D eigenvalue weighted by Gasteiger charge is -2.41. The number of aliphatic hydroxyl groups excluding tert-OH is 1.